The molecule has 10 rings (SSSR count). The number of fused-ring (bicyclic) bond motifs is 6. The van der Waals surface area contributed by atoms with Crippen LogP contribution in [0.1, 0.15) is 11.1 Å². The van der Waals surface area contributed by atoms with Gasteiger partial charge in [0.25, 0.3) is 0 Å². The lowest BCUT2D eigenvalue weighted by Gasteiger charge is -2.27. The summed E-state index contributed by atoms with van der Waals surface area (Å²) in [7, 11) is 0. The van der Waals surface area contributed by atoms with Crippen molar-refractivity contribution >= 4 is 66.2 Å². The van der Waals surface area contributed by atoms with Crippen LogP contribution in [0.2, 0.25) is 0 Å². The number of benzene rings is 10. The van der Waals surface area contributed by atoms with E-state index in [-0.39, 0.29) is 0 Å². The van der Waals surface area contributed by atoms with E-state index in [1.165, 1.54) is 82.0 Å². The van der Waals surface area contributed by atoms with Gasteiger partial charge in [-0.25, -0.2) is 0 Å². The third-order valence-electron chi connectivity index (χ3n) is 11.4. The molecule has 0 heterocycles. The van der Waals surface area contributed by atoms with Crippen LogP contribution in [0.3, 0.4) is 0 Å². The molecule has 10 aromatic rings. The fourth-order valence-corrected chi connectivity index (χ4v) is 8.58. The lowest BCUT2D eigenvalue weighted by atomic mass is 9.92. The van der Waals surface area contributed by atoms with E-state index in [2.05, 4.69) is 219 Å². The van der Waals surface area contributed by atoms with Gasteiger partial charge in [-0.1, -0.05) is 164 Å². The van der Waals surface area contributed by atoms with E-state index in [1.807, 2.05) is 6.08 Å². The molecule has 0 fully saturated rings. The zero-order chi connectivity index (χ0) is 37.6. The molecule has 0 unspecified atom stereocenters. The zero-order valence-electron chi connectivity index (χ0n) is 31.3. The van der Waals surface area contributed by atoms with Crippen LogP contribution in [0.5, 0.6) is 0 Å². The molecule has 1 heteroatoms. The maximum atomic E-state index is 4.18. The number of anilines is 3. The van der Waals surface area contributed by atoms with Crippen molar-refractivity contribution in [3.05, 3.63) is 218 Å². The normalized spacial score (nSPS) is 11.4. The van der Waals surface area contributed by atoms with Crippen molar-refractivity contribution in [2.75, 3.05) is 4.90 Å². The Kier molecular flexibility index (Phi) is 8.27. The lowest BCUT2D eigenvalue weighted by molar-refractivity contribution is 1.28. The van der Waals surface area contributed by atoms with Gasteiger partial charge in [-0.15, -0.1) is 0 Å². The van der Waals surface area contributed by atoms with E-state index >= 15 is 0 Å². The Hall–Kier alpha value is -7.22. The quantitative estimate of drug-likeness (QED) is 0.149. The van der Waals surface area contributed by atoms with E-state index in [0.717, 1.165) is 22.6 Å². The lowest BCUT2D eigenvalue weighted by Crippen LogP contribution is -2.10. The Morgan fingerprint density at radius 3 is 1.29 bits per heavy atom. The van der Waals surface area contributed by atoms with Crippen LogP contribution in [0, 0.1) is 6.92 Å². The fraction of sp³-hybridized carbons (Fsp3) is 0.0182. The number of nitrogens with zero attached hydrogens (tertiary/aromatic N) is 1. The van der Waals surface area contributed by atoms with Crippen LogP contribution in [0.4, 0.5) is 17.1 Å². The van der Waals surface area contributed by atoms with Crippen molar-refractivity contribution in [1.29, 1.82) is 0 Å². The highest BCUT2D eigenvalue weighted by Crippen LogP contribution is 2.42. The first kappa shape index (κ1) is 33.4. The topological polar surface area (TPSA) is 3.24 Å². The van der Waals surface area contributed by atoms with E-state index in [9.17, 15) is 0 Å². The molecular weight excluding hydrogens is 675 g/mol. The Bertz CT molecular complexity index is 2930. The largest absolute Gasteiger partial charge is 0.310 e. The van der Waals surface area contributed by atoms with Crippen LogP contribution in [0.25, 0.3) is 82.5 Å². The molecule has 0 saturated heterocycles. The second kappa shape index (κ2) is 13.9. The minimum absolute atomic E-state index is 1.08. The summed E-state index contributed by atoms with van der Waals surface area (Å²) in [5.74, 6) is 0. The highest BCUT2D eigenvalue weighted by atomic mass is 15.1. The van der Waals surface area contributed by atoms with Gasteiger partial charge < -0.3 is 4.90 Å². The Labute approximate surface area is 328 Å². The third-order valence-corrected chi connectivity index (χ3v) is 11.4. The van der Waals surface area contributed by atoms with E-state index in [0.29, 0.717) is 0 Å². The molecule has 0 amide bonds. The smallest absolute Gasteiger partial charge is 0.0468 e. The second-order valence-corrected chi connectivity index (χ2v) is 14.6. The van der Waals surface area contributed by atoms with Crippen LogP contribution in [0.15, 0.2) is 207 Å². The maximum absolute atomic E-state index is 4.18. The standard InChI is InChI=1S/C55H39N/c1-3-38-24-33-45(36-55(38)46-17-7-4-14-37(46)2)56(43-29-25-39(26-30-43)53-34-41-15-5-8-18-47(41)49-20-10-12-22-51(49)53)44-31-27-40(28-32-44)54-35-42-16-6-9-19-48(42)50-21-11-13-23-52(50)54/h3-36H,1H2,2H3. The van der Waals surface area contributed by atoms with Crippen LogP contribution < -0.4 is 4.90 Å². The molecular formula is C55H39N. The summed E-state index contributed by atoms with van der Waals surface area (Å²) in [5, 5.41) is 10.1. The summed E-state index contributed by atoms with van der Waals surface area (Å²) in [6, 6.07) is 73.0. The summed E-state index contributed by atoms with van der Waals surface area (Å²) in [4.78, 5) is 2.37. The summed E-state index contributed by atoms with van der Waals surface area (Å²) < 4.78 is 0. The minimum Gasteiger partial charge on any atom is -0.310 e. The third kappa shape index (κ3) is 5.73. The Morgan fingerprint density at radius 2 is 0.786 bits per heavy atom. The van der Waals surface area contributed by atoms with Crippen molar-refractivity contribution in [1.82, 2.24) is 0 Å². The molecule has 264 valence electrons. The first-order valence-corrected chi connectivity index (χ1v) is 19.3. The highest BCUT2D eigenvalue weighted by molar-refractivity contribution is 6.15. The Morgan fingerprint density at radius 1 is 0.357 bits per heavy atom. The molecule has 0 saturated carbocycles. The molecule has 0 aromatic heterocycles. The highest BCUT2D eigenvalue weighted by Gasteiger charge is 2.18. The predicted octanol–water partition coefficient (Wildman–Crippen LogP) is 15.7. The maximum Gasteiger partial charge on any atom is 0.0468 e. The molecule has 0 N–H and O–H groups in total. The van der Waals surface area contributed by atoms with Crippen LogP contribution in [-0.2, 0) is 0 Å². The van der Waals surface area contributed by atoms with Crippen molar-refractivity contribution in [2.24, 2.45) is 0 Å². The van der Waals surface area contributed by atoms with Gasteiger partial charge in [0.2, 0.25) is 0 Å². The Balaban J connectivity index is 1.12. The van der Waals surface area contributed by atoms with E-state index < -0.39 is 0 Å². The van der Waals surface area contributed by atoms with E-state index in [1.54, 1.807) is 0 Å². The van der Waals surface area contributed by atoms with Crippen molar-refractivity contribution in [2.45, 2.75) is 6.92 Å². The molecule has 0 atom stereocenters. The molecule has 0 spiro atoms. The molecule has 0 aliphatic rings. The summed E-state index contributed by atoms with van der Waals surface area (Å²) in [5.41, 5.74) is 12.8. The summed E-state index contributed by atoms with van der Waals surface area (Å²) in [6.07, 6.45) is 1.96. The van der Waals surface area contributed by atoms with Gasteiger partial charge in [-0.3, -0.25) is 0 Å². The monoisotopic (exact) mass is 713 g/mol. The van der Waals surface area contributed by atoms with Gasteiger partial charge in [0.1, 0.15) is 0 Å². The zero-order valence-corrected chi connectivity index (χ0v) is 31.3. The number of rotatable bonds is 7. The van der Waals surface area contributed by atoms with Gasteiger partial charge in [-0.2, -0.15) is 0 Å². The molecule has 0 radical (unpaired) electrons. The molecule has 10 aromatic carbocycles. The van der Waals surface area contributed by atoms with Gasteiger partial charge in [0.15, 0.2) is 0 Å². The van der Waals surface area contributed by atoms with Crippen LogP contribution in [-0.4, -0.2) is 0 Å². The van der Waals surface area contributed by atoms with Crippen LogP contribution >= 0.6 is 0 Å². The fourth-order valence-electron chi connectivity index (χ4n) is 8.58. The SMILES string of the molecule is C=Cc1ccc(N(c2ccc(-c3cc4ccccc4c4ccccc34)cc2)c2ccc(-c3cc4ccccc4c4ccccc34)cc2)cc1-c1ccccc1C. The summed E-state index contributed by atoms with van der Waals surface area (Å²) >= 11 is 0. The van der Waals surface area contributed by atoms with Crippen molar-refractivity contribution < 1.29 is 0 Å². The van der Waals surface area contributed by atoms with Gasteiger partial charge in [0.05, 0.1) is 0 Å². The van der Waals surface area contributed by atoms with Crippen molar-refractivity contribution in [3.63, 3.8) is 0 Å². The molecule has 0 bridgehead atoms. The number of aryl methyl sites for hydroxylation is 1. The predicted molar refractivity (Wildman–Crippen MR) is 242 cm³/mol. The number of hydrogen-bond donors (Lipinski definition) is 0. The number of hydrogen-bond acceptors (Lipinski definition) is 1. The molecule has 0 aliphatic heterocycles. The second-order valence-electron chi connectivity index (χ2n) is 14.6. The van der Waals surface area contributed by atoms with E-state index in [4.69, 9.17) is 0 Å². The molecule has 56 heavy (non-hydrogen) atoms. The molecule has 1 nitrogen and oxygen atoms in total. The van der Waals surface area contributed by atoms with Crippen molar-refractivity contribution in [3.8, 4) is 33.4 Å². The first-order valence-electron chi connectivity index (χ1n) is 19.3. The van der Waals surface area contributed by atoms with Gasteiger partial charge in [-0.05, 0) is 143 Å². The minimum atomic E-state index is 1.08. The molecule has 0 aliphatic carbocycles. The van der Waals surface area contributed by atoms with Gasteiger partial charge in [0, 0.05) is 17.1 Å². The first-order chi connectivity index (χ1) is 27.6. The van der Waals surface area contributed by atoms with Gasteiger partial charge >= 0.3 is 0 Å². The average Bonchev–Trinajstić information content (AvgIpc) is 3.26. The summed E-state index contributed by atoms with van der Waals surface area (Å²) in [6.45, 7) is 6.36. The average molecular weight is 714 g/mol.